The van der Waals surface area contributed by atoms with Crippen LogP contribution in [-0.4, -0.2) is 7.05 Å². The molecule has 1 unspecified atom stereocenters. The maximum Gasteiger partial charge on any atom is 0.0358 e. The summed E-state index contributed by atoms with van der Waals surface area (Å²) in [4.78, 5) is 0. The summed E-state index contributed by atoms with van der Waals surface area (Å²) in [5.74, 6) is 0. The summed E-state index contributed by atoms with van der Waals surface area (Å²) in [7, 11) is 2.02. The first-order valence-electron chi connectivity index (χ1n) is 5.76. The monoisotopic (exact) mass is 337 g/mol. The van der Waals surface area contributed by atoms with Crippen LogP contribution < -0.4 is 5.32 Å². The van der Waals surface area contributed by atoms with Crippen LogP contribution in [0.25, 0.3) is 0 Å². The molecule has 0 fully saturated rings. The lowest BCUT2D eigenvalue weighted by atomic mass is 9.99. The van der Waals surface area contributed by atoms with E-state index in [1.165, 1.54) is 14.7 Å². The van der Waals surface area contributed by atoms with Gasteiger partial charge in [-0.15, -0.1) is 0 Å². The van der Waals surface area contributed by atoms with Crippen molar-refractivity contribution >= 4 is 22.6 Å². The minimum absolute atomic E-state index is 0.382. The Balaban J connectivity index is 2.17. The van der Waals surface area contributed by atoms with Gasteiger partial charge in [0, 0.05) is 9.61 Å². The summed E-state index contributed by atoms with van der Waals surface area (Å²) in [5, 5.41) is 3.39. The van der Waals surface area contributed by atoms with Crippen LogP contribution in [0.15, 0.2) is 54.6 Å². The van der Waals surface area contributed by atoms with Crippen molar-refractivity contribution < 1.29 is 0 Å². The number of hydrogen-bond acceptors (Lipinski definition) is 1. The van der Waals surface area contributed by atoms with Gasteiger partial charge in [0.15, 0.2) is 0 Å². The largest absolute Gasteiger partial charge is 0.313 e. The van der Waals surface area contributed by atoms with Crippen LogP contribution >= 0.6 is 22.6 Å². The molecule has 2 heteroatoms. The zero-order chi connectivity index (χ0) is 12.1. The van der Waals surface area contributed by atoms with Crippen LogP contribution in [0.5, 0.6) is 0 Å². The first kappa shape index (κ1) is 12.6. The van der Waals surface area contributed by atoms with E-state index in [0.717, 1.165) is 6.42 Å². The van der Waals surface area contributed by atoms with Crippen molar-refractivity contribution in [2.45, 2.75) is 12.5 Å². The number of benzene rings is 2. The fourth-order valence-electron chi connectivity index (χ4n) is 1.96. The van der Waals surface area contributed by atoms with E-state index >= 15 is 0 Å². The number of rotatable bonds is 4. The Morgan fingerprint density at radius 1 is 1.06 bits per heavy atom. The highest BCUT2D eigenvalue weighted by Gasteiger charge is 2.09. The second-order valence-corrected chi connectivity index (χ2v) is 5.33. The highest BCUT2D eigenvalue weighted by Crippen LogP contribution is 2.19. The molecule has 0 aliphatic heterocycles. The Morgan fingerprint density at radius 3 is 2.47 bits per heavy atom. The van der Waals surface area contributed by atoms with E-state index in [4.69, 9.17) is 0 Å². The second kappa shape index (κ2) is 6.17. The number of likely N-dealkylation sites (N-methyl/N-ethyl adjacent to an activating group) is 1. The van der Waals surface area contributed by atoms with Crippen molar-refractivity contribution in [1.82, 2.24) is 5.32 Å². The van der Waals surface area contributed by atoms with Crippen molar-refractivity contribution in [3.8, 4) is 0 Å². The number of halogens is 1. The van der Waals surface area contributed by atoms with E-state index < -0.39 is 0 Å². The van der Waals surface area contributed by atoms with Gasteiger partial charge in [-0.05, 0) is 59.3 Å². The molecular weight excluding hydrogens is 321 g/mol. The van der Waals surface area contributed by atoms with Crippen LogP contribution in [0.4, 0.5) is 0 Å². The average molecular weight is 337 g/mol. The Morgan fingerprint density at radius 2 is 1.82 bits per heavy atom. The molecule has 0 spiro atoms. The Labute approximate surface area is 116 Å². The average Bonchev–Trinajstić information content (AvgIpc) is 2.37. The van der Waals surface area contributed by atoms with Gasteiger partial charge in [-0.2, -0.15) is 0 Å². The first-order valence-corrected chi connectivity index (χ1v) is 6.84. The topological polar surface area (TPSA) is 12.0 Å². The predicted molar refractivity (Wildman–Crippen MR) is 81.1 cm³/mol. The van der Waals surface area contributed by atoms with Crippen molar-refractivity contribution in [3.63, 3.8) is 0 Å². The molecule has 0 radical (unpaired) electrons. The molecule has 0 aromatic heterocycles. The SMILES string of the molecule is CNC(Cc1ccccc1)c1cccc(I)c1. The first-order chi connectivity index (χ1) is 8.29. The van der Waals surface area contributed by atoms with E-state index in [9.17, 15) is 0 Å². The third-order valence-electron chi connectivity index (χ3n) is 2.88. The third kappa shape index (κ3) is 3.54. The molecule has 2 aromatic rings. The lowest BCUT2D eigenvalue weighted by Gasteiger charge is -2.17. The Bertz CT molecular complexity index is 467. The Kier molecular flexibility index (Phi) is 4.57. The zero-order valence-corrected chi connectivity index (χ0v) is 12.0. The van der Waals surface area contributed by atoms with Crippen LogP contribution in [0, 0.1) is 3.57 Å². The number of hydrogen-bond donors (Lipinski definition) is 1. The molecule has 1 N–H and O–H groups in total. The minimum atomic E-state index is 0.382. The molecular formula is C15H16IN. The van der Waals surface area contributed by atoms with Gasteiger partial charge in [-0.25, -0.2) is 0 Å². The minimum Gasteiger partial charge on any atom is -0.313 e. The smallest absolute Gasteiger partial charge is 0.0358 e. The van der Waals surface area contributed by atoms with Crippen LogP contribution in [0.2, 0.25) is 0 Å². The van der Waals surface area contributed by atoms with E-state index in [1.54, 1.807) is 0 Å². The van der Waals surface area contributed by atoms with Gasteiger partial charge < -0.3 is 5.32 Å². The summed E-state index contributed by atoms with van der Waals surface area (Å²) in [6.07, 6.45) is 1.03. The summed E-state index contributed by atoms with van der Waals surface area (Å²) in [6.45, 7) is 0. The molecule has 0 aliphatic rings. The lowest BCUT2D eigenvalue weighted by Crippen LogP contribution is -2.18. The van der Waals surface area contributed by atoms with Gasteiger partial charge in [0.05, 0.1) is 0 Å². The maximum atomic E-state index is 3.39. The normalized spacial score (nSPS) is 12.4. The van der Waals surface area contributed by atoms with Crippen molar-refractivity contribution in [2.75, 3.05) is 7.05 Å². The van der Waals surface area contributed by atoms with Crippen molar-refractivity contribution in [3.05, 3.63) is 69.3 Å². The fraction of sp³-hybridized carbons (Fsp3) is 0.200. The molecule has 0 bridgehead atoms. The van der Waals surface area contributed by atoms with Crippen LogP contribution in [-0.2, 0) is 6.42 Å². The molecule has 88 valence electrons. The van der Waals surface area contributed by atoms with Gasteiger partial charge in [-0.1, -0.05) is 42.5 Å². The van der Waals surface area contributed by atoms with E-state index in [2.05, 4.69) is 82.5 Å². The fourth-order valence-corrected chi connectivity index (χ4v) is 2.53. The van der Waals surface area contributed by atoms with Crippen LogP contribution in [0.1, 0.15) is 17.2 Å². The molecule has 2 aromatic carbocycles. The molecule has 0 saturated carbocycles. The van der Waals surface area contributed by atoms with E-state index in [-0.39, 0.29) is 0 Å². The van der Waals surface area contributed by atoms with Gasteiger partial charge in [0.2, 0.25) is 0 Å². The van der Waals surface area contributed by atoms with Gasteiger partial charge >= 0.3 is 0 Å². The molecule has 1 nitrogen and oxygen atoms in total. The Hall–Kier alpha value is -0.870. The summed E-state index contributed by atoms with van der Waals surface area (Å²) in [5.41, 5.74) is 2.72. The van der Waals surface area contributed by atoms with E-state index in [0.29, 0.717) is 6.04 Å². The molecule has 0 aliphatic carbocycles. The van der Waals surface area contributed by atoms with E-state index in [1.807, 2.05) is 7.05 Å². The lowest BCUT2D eigenvalue weighted by molar-refractivity contribution is 0.592. The molecule has 0 heterocycles. The predicted octanol–water partition coefficient (Wildman–Crippen LogP) is 3.79. The highest BCUT2D eigenvalue weighted by atomic mass is 127. The third-order valence-corrected chi connectivity index (χ3v) is 3.55. The molecule has 0 saturated heterocycles. The number of nitrogens with one attached hydrogen (secondary N) is 1. The highest BCUT2D eigenvalue weighted by molar-refractivity contribution is 14.1. The summed E-state index contributed by atoms with van der Waals surface area (Å²) >= 11 is 2.36. The second-order valence-electron chi connectivity index (χ2n) is 4.09. The van der Waals surface area contributed by atoms with Gasteiger partial charge in [0.1, 0.15) is 0 Å². The van der Waals surface area contributed by atoms with Crippen LogP contribution in [0.3, 0.4) is 0 Å². The maximum absolute atomic E-state index is 3.39. The quantitative estimate of drug-likeness (QED) is 0.837. The van der Waals surface area contributed by atoms with Gasteiger partial charge in [0.25, 0.3) is 0 Å². The standard InChI is InChI=1S/C15H16IN/c1-17-15(10-12-6-3-2-4-7-12)13-8-5-9-14(16)11-13/h2-9,11,15,17H,10H2,1H3. The molecule has 17 heavy (non-hydrogen) atoms. The van der Waals surface area contributed by atoms with Crippen molar-refractivity contribution in [2.24, 2.45) is 0 Å². The molecule has 2 rings (SSSR count). The summed E-state index contributed by atoms with van der Waals surface area (Å²) in [6, 6.07) is 19.7. The zero-order valence-electron chi connectivity index (χ0n) is 9.86. The summed E-state index contributed by atoms with van der Waals surface area (Å²) < 4.78 is 1.29. The molecule has 1 atom stereocenters. The van der Waals surface area contributed by atoms with Gasteiger partial charge in [-0.3, -0.25) is 0 Å². The molecule has 0 amide bonds. The van der Waals surface area contributed by atoms with Crippen molar-refractivity contribution in [1.29, 1.82) is 0 Å².